The molecule has 1 saturated heterocycles. The van der Waals surface area contributed by atoms with Gasteiger partial charge in [0, 0.05) is 11.3 Å². The summed E-state index contributed by atoms with van der Waals surface area (Å²) in [5.74, 6) is 0.547. The van der Waals surface area contributed by atoms with E-state index in [1.165, 1.54) is 0 Å². The summed E-state index contributed by atoms with van der Waals surface area (Å²) in [4.78, 5) is 10.9. The second-order valence-corrected chi connectivity index (χ2v) is 7.02. The first-order chi connectivity index (χ1) is 10.2. The summed E-state index contributed by atoms with van der Waals surface area (Å²) in [5.41, 5.74) is 2.92. The zero-order valence-electron chi connectivity index (χ0n) is 13.8. The molecule has 0 amide bonds. The van der Waals surface area contributed by atoms with Crippen LogP contribution in [-0.4, -0.2) is 30.4 Å². The number of benzene rings is 1. The molecule has 5 heteroatoms. The molecule has 0 N–H and O–H groups in total. The van der Waals surface area contributed by atoms with E-state index in [2.05, 4.69) is 12.6 Å². The maximum Gasteiger partial charge on any atom is 0.491 e. The number of thiol groups is 1. The molecule has 0 aliphatic carbocycles. The van der Waals surface area contributed by atoms with Crippen molar-refractivity contribution in [3.05, 3.63) is 40.4 Å². The summed E-state index contributed by atoms with van der Waals surface area (Å²) in [6.45, 7) is 10.1. The van der Waals surface area contributed by atoms with Crippen LogP contribution in [0.2, 0.25) is 0 Å². The van der Waals surface area contributed by atoms with Crippen LogP contribution in [0.25, 0.3) is 6.08 Å². The van der Waals surface area contributed by atoms with Crippen LogP contribution in [-0.2, 0) is 9.31 Å². The quantitative estimate of drug-likeness (QED) is 0.522. The lowest BCUT2D eigenvalue weighted by atomic mass is 9.78. The van der Waals surface area contributed by atoms with E-state index in [0.29, 0.717) is 11.3 Å². The fraction of sp³-hybridized carbons (Fsp3) is 0.471. The van der Waals surface area contributed by atoms with Gasteiger partial charge in [-0.3, -0.25) is 4.79 Å². The second-order valence-electron chi connectivity index (χ2n) is 6.70. The molecule has 0 unspecified atom stereocenters. The average Bonchev–Trinajstić information content (AvgIpc) is 2.65. The van der Waals surface area contributed by atoms with E-state index in [1.807, 2.05) is 58.9 Å². The van der Waals surface area contributed by atoms with Gasteiger partial charge < -0.3 is 9.31 Å². The summed E-state index contributed by atoms with van der Waals surface area (Å²) in [6.07, 6.45) is 2.90. The smallest absolute Gasteiger partial charge is 0.400 e. The van der Waals surface area contributed by atoms with Crippen LogP contribution in [0.4, 0.5) is 0 Å². The Hall–Kier alpha value is -1.04. The molecule has 118 valence electrons. The minimum atomic E-state index is -0.395. The van der Waals surface area contributed by atoms with Crippen LogP contribution in [0.5, 0.6) is 0 Å². The normalized spacial score (nSPS) is 20.3. The van der Waals surface area contributed by atoms with Crippen molar-refractivity contribution in [2.45, 2.75) is 45.8 Å². The molecular weight excluding hydrogens is 295 g/mol. The number of carbonyl (C=O) groups is 1. The van der Waals surface area contributed by atoms with Crippen molar-refractivity contribution < 1.29 is 14.1 Å². The van der Waals surface area contributed by atoms with E-state index < -0.39 is 7.12 Å². The highest BCUT2D eigenvalue weighted by atomic mass is 32.1. The zero-order valence-corrected chi connectivity index (χ0v) is 14.7. The molecule has 0 radical (unpaired) electrons. The fourth-order valence-corrected chi connectivity index (χ4v) is 2.56. The molecule has 1 heterocycles. The number of carbonyl (C=O) groups excluding carboxylic acids is 1. The van der Waals surface area contributed by atoms with Crippen molar-refractivity contribution in [2.24, 2.45) is 0 Å². The molecule has 2 rings (SSSR count). The maximum absolute atomic E-state index is 10.9. The SMILES string of the molecule is Cc1cc(C=C(CS)B2OC(C)(C)C(C)(C)O2)ccc1C=O. The van der Waals surface area contributed by atoms with Gasteiger partial charge in [-0.25, -0.2) is 0 Å². The van der Waals surface area contributed by atoms with Gasteiger partial charge in [0.05, 0.1) is 11.2 Å². The minimum absolute atomic E-state index is 0.364. The summed E-state index contributed by atoms with van der Waals surface area (Å²) < 4.78 is 12.1. The van der Waals surface area contributed by atoms with Crippen LogP contribution >= 0.6 is 12.6 Å². The number of rotatable bonds is 4. The van der Waals surface area contributed by atoms with Crippen molar-refractivity contribution in [3.8, 4) is 0 Å². The highest BCUT2D eigenvalue weighted by Crippen LogP contribution is 2.39. The molecule has 1 aliphatic rings. The van der Waals surface area contributed by atoms with Crippen molar-refractivity contribution in [1.82, 2.24) is 0 Å². The molecule has 0 atom stereocenters. The number of aldehydes is 1. The fourth-order valence-electron chi connectivity index (χ4n) is 2.32. The Kier molecular flexibility index (Phi) is 4.90. The Morgan fingerprint density at radius 1 is 1.23 bits per heavy atom. The van der Waals surface area contributed by atoms with Gasteiger partial charge >= 0.3 is 7.12 Å². The summed E-state index contributed by atoms with van der Waals surface area (Å²) in [6, 6.07) is 5.73. The first-order valence-electron chi connectivity index (χ1n) is 7.43. The third kappa shape index (κ3) is 3.32. The van der Waals surface area contributed by atoms with Crippen LogP contribution in [0, 0.1) is 6.92 Å². The number of aryl methyl sites for hydroxylation is 1. The van der Waals surface area contributed by atoms with Gasteiger partial charge in [-0.05, 0) is 51.2 Å². The van der Waals surface area contributed by atoms with Gasteiger partial charge in [0.1, 0.15) is 6.29 Å². The van der Waals surface area contributed by atoms with E-state index in [0.717, 1.165) is 22.9 Å². The van der Waals surface area contributed by atoms with Crippen LogP contribution in [0.1, 0.15) is 49.2 Å². The molecule has 22 heavy (non-hydrogen) atoms. The molecule has 1 aromatic carbocycles. The van der Waals surface area contributed by atoms with Crippen molar-refractivity contribution >= 4 is 32.1 Å². The summed E-state index contributed by atoms with van der Waals surface area (Å²) in [7, 11) is -0.395. The van der Waals surface area contributed by atoms with Gasteiger partial charge in [-0.1, -0.05) is 24.3 Å². The average molecular weight is 318 g/mol. The Morgan fingerprint density at radius 3 is 2.27 bits per heavy atom. The first-order valence-corrected chi connectivity index (χ1v) is 8.06. The largest absolute Gasteiger partial charge is 0.491 e. The Balaban J connectivity index is 2.29. The van der Waals surface area contributed by atoms with Gasteiger partial charge in [0.2, 0.25) is 0 Å². The predicted octanol–water partition coefficient (Wildman–Crippen LogP) is 3.75. The van der Waals surface area contributed by atoms with Crippen LogP contribution in [0.15, 0.2) is 23.7 Å². The van der Waals surface area contributed by atoms with Gasteiger partial charge in [-0.15, -0.1) is 0 Å². The molecule has 3 nitrogen and oxygen atoms in total. The molecule has 1 aromatic rings. The van der Waals surface area contributed by atoms with E-state index in [1.54, 1.807) is 0 Å². The van der Waals surface area contributed by atoms with E-state index in [-0.39, 0.29) is 11.2 Å². The van der Waals surface area contributed by atoms with Gasteiger partial charge in [0.15, 0.2) is 0 Å². The zero-order chi connectivity index (χ0) is 16.5. The maximum atomic E-state index is 10.9. The van der Waals surface area contributed by atoms with Crippen molar-refractivity contribution in [1.29, 1.82) is 0 Å². The van der Waals surface area contributed by atoms with Crippen molar-refractivity contribution in [3.63, 3.8) is 0 Å². The molecule has 0 aromatic heterocycles. The molecule has 0 saturated carbocycles. The standard InChI is InChI=1S/C17H23BO3S/c1-12-8-13(6-7-14(12)10-19)9-15(11-22)18-20-16(2,3)17(4,5)21-18/h6-10,22H,11H2,1-5H3. The molecule has 1 fully saturated rings. The highest BCUT2D eigenvalue weighted by molar-refractivity contribution is 7.80. The monoisotopic (exact) mass is 318 g/mol. The number of hydrogen-bond acceptors (Lipinski definition) is 4. The number of hydrogen-bond donors (Lipinski definition) is 1. The third-order valence-electron chi connectivity index (χ3n) is 4.51. The Labute approximate surface area is 138 Å². The third-order valence-corrected chi connectivity index (χ3v) is 4.88. The van der Waals surface area contributed by atoms with E-state index in [4.69, 9.17) is 9.31 Å². The Bertz CT molecular complexity index is 592. The molecular formula is C17H23BO3S. The predicted molar refractivity (Wildman–Crippen MR) is 94.5 cm³/mol. The van der Waals surface area contributed by atoms with E-state index in [9.17, 15) is 4.79 Å². The molecule has 0 bridgehead atoms. The minimum Gasteiger partial charge on any atom is -0.400 e. The van der Waals surface area contributed by atoms with Crippen LogP contribution in [0.3, 0.4) is 0 Å². The van der Waals surface area contributed by atoms with E-state index >= 15 is 0 Å². The lowest BCUT2D eigenvalue weighted by Gasteiger charge is -2.32. The summed E-state index contributed by atoms with van der Waals surface area (Å²) in [5, 5.41) is 0. The van der Waals surface area contributed by atoms with Gasteiger partial charge in [-0.2, -0.15) is 12.6 Å². The lowest BCUT2D eigenvalue weighted by Crippen LogP contribution is -2.41. The summed E-state index contributed by atoms with van der Waals surface area (Å²) >= 11 is 4.41. The molecule has 0 spiro atoms. The first kappa shape index (κ1) is 17.3. The molecule has 1 aliphatic heterocycles. The Morgan fingerprint density at radius 2 is 1.82 bits per heavy atom. The lowest BCUT2D eigenvalue weighted by molar-refractivity contribution is 0.00578. The second kappa shape index (κ2) is 6.22. The topological polar surface area (TPSA) is 35.5 Å². The highest BCUT2D eigenvalue weighted by Gasteiger charge is 2.52. The van der Waals surface area contributed by atoms with Crippen molar-refractivity contribution in [2.75, 3.05) is 5.75 Å². The van der Waals surface area contributed by atoms with Gasteiger partial charge in [0.25, 0.3) is 0 Å². The van der Waals surface area contributed by atoms with Crippen LogP contribution < -0.4 is 0 Å².